The van der Waals surface area contributed by atoms with E-state index in [1.54, 1.807) is 11.3 Å². The van der Waals surface area contributed by atoms with Crippen LogP contribution in [-0.2, 0) is 24.1 Å². The molecule has 0 saturated heterocycles. The lowest BCUT2D eigenvalue weighted by Crippen LogP contribution is -2.40. The largest absolute Gasteiger partial charge is 0.389 e. The van der Waals surface area contributed by atoms with Gasteiger partial charge in [0, 0.05) is 17.5 Å². The van der Waals surface area contributed by atoms with Crippen molar-refractivity contribution in [1.29, 1.82) is 0 Å². The van der Waals surface area contributed by atoms with E-state index in [-0.39, 0.29) is 23.8 Å². The predicted octanol–water partition coefficient (Wildman–Crippen LogP) is 2.86. The summed E-state index contributed by atoms with van der Waals surface area (Å²) in [6.07, 6.45) is 2.59. The molecular weight excluding hydrogens is 362 g/mol. The number of aliphatic hydroxyl groups excluding tert-OH is 1. The molecule has 2 N–H and O–H groups in total. The van der Waals surface area contributed by atoms with E-state index in [1.807, 2.05) is 20.8 Å². The highest BCUT2D eigenvalue weighted by molar-refractivity contribution is 7.18. The first-order valence-electron chi connectivity index (χ1n) is 9.73. The number of fused-ring (bicyclic) bond motifs is 3. The van der Waals surface area contributed by atoms with E-state index in [0.29, 0.717) is 18.9 Å². The van der Waals surface area contributed by atoms with Crippen molar-refractivity contribution in [2.24, 2.45) is 0 Å². The van der Waals surface area contributed by atoms with Crippen molar-refractivity contribution >= 4 is 21.6 Å². The second kappa shape index (κ2) is 7.99. The number of hydrogen-bond donors (Lipinski definition) is 2. The van der Waals surface area contributed by atoms with Gasteiger partial charge in [-0.05, 0) is 59.4 Å². The molecule has 2 heterocycles. The van der Waals surface area contributed by atoms with Gasteiger partial charge in [-0.15, -0.1) is 11.3 Å². The van der Waals surface area contributed by atoms with Crippen LogP contribution in [0, 0.1) is 0 Å². The first-order valence-corrected chi connectivity index (χ1v) is 10.5. The maximum absolute atomic E-state index is 12.6. The Morgan fingerprint density at radius 3 is 2.74 bits per heavy atom. The zero-order chi connectivity index (χ0) is 19.8. The fraction of sp³-hybridized carbons (Fsp3) is 0.700. The fourth-order valence-corrected chi connectivity index (χ4v) is 4.72. The summed E-state index contributed by atoms with van der Waals surface area (Å²) in [5.41, 5.74) is 0.890. The zero-order valence-electron chi connectivity index (χ0n) is 17.0. The number of aromatic amines is 1. The molecule has 0 saturated carbocycles. The molecular formula is C20H31N3O3S. The Balaban J connectivity index is 1.74. The predicted molar refractivity (Wildman–Crippen MR) is 110 cm³/mol. The van der Waals surface area contributed by atoms with Crippen LogP contribution < -0.4 is 5.56 Å². The second-order valence-corrected chi connectivity index (χ2v) is 9.73. The quantitative estimate of drug-likeness (QED) is 0.756. The maximum atomic E-state index is 12.6. The van der Waals surface area contributed by atoms with Crippen LogP contribution in [0.1, 0.15) is 57.3 Å². The van der Waals surface area contributed by atoms with Crippen LogP contribution in [0.5, 0.6) is 0 Å². The van der Waals surface area contributed by atoms with Gasteiger partial charge in [-0.25, -0.2) is 4.98 Å². The summed E-state index contributed by atoms with van der Waals surface area (Å²) in [5, 5.41) is 11.1. The van der Waals surface area contributed by atoms with Gasteiger partial charge in [0.1, 0.15) is 10.7 Å². The lowest BCUT2D eigenvalue weighted by molar-refractivity contribution is -0.0588. The number of aryl methyl sites for hydroxylation is 2. The molecule has 1 aliphatic carbocycles. The number of aromatic nitrogens is 2. The maximum Gasteiger partial charge on any atom is 0.259 e. The summed E-state index contributed by atoms with van der Waals surface area (Å²) in [4.78, 5) is 24.6. The molecule has 0 fully saturated rings. The van der Waals surface area contributed by atoms with E-state index in [4.69, 9.17) is 9.72 Å². The summed E-state index contributed by atoms with van der Waals surface area (Å²) in [5.74, 6) is 0.657. The van der Waals surface area contributed by atoms with Crippen LogP contribution in [0.4, 0.5) is 0 Å². The minimum atomic E-state index is -0.590. The molecule has 0 spiro atoms. The summed E-state index contributed by atoms with van der Waals surface area (Å²) >= 11 is 1.66. The summed E-state index contributed by atoms with van der Waals surface area (Å²) in [7, 11) is 0. The second-order valence-electron chi connectivity index (χ2n) is 8.65. The molecule has 6 nitrogen and oxygen atoms in total. The van der Waals surface area contributed by atoms with Crippen molar-refractivity contribution in [2.75, 3.05) is 13.2 Å². The number of ether oxygens (including phenoxy) is 1. The van der Waals surface area contributed by atoms with Crippen molar-refractivity contribution in [3.05, 3.63) is 26.6 Å². The zero-order valence-corrected chi connectivity index (χ0v) is 17.8. The molecule has 1 aliphatic rings. The molecule has 1 unspecified atom stereocenters. The molecule has 0 amide bonds. The number of H-pyrrole nitrogens is 1. The van der Waals surface area contributed by atoms with E-state index in [9.17, 15) is 9.90 Å². The van der Waals surface area contributed by atoms with Crippen LogP contribution in [-0.4, -0.2) is 50.9 Å². The minimum Gasteiger partial charge on any atom is -0.389 e. The van der Waals surface area contributed by atoms with Crippen LogP contribution in [0.2, 0.25) is 0 Å². The molecule has 3 rings (SSSR count). The Kier molecular flexibility index (Phi) is 6.05. The van der Waals surface area contributed by atoms with E-state index in [0.717, 1.165) is 29.5 Å². The van der Waals surface area contributed by atoms with Crippen molar-refractivity contribution in [1.82, 2.24) is 14.9 Å². The molecule has 0 radical (unpaired) electrons. The molecule has 0 aliphatic heterocycles. The summed E-state index contributed by atoms with van der Waals surface area (Å²) < 4.78 is 5.68. The molecule has 2 aromatic rings. The third kappa shape index (κ3) is 4.96. The smallest absolute Gasteiger partial charge is 0.259 e. The highest BCUT2D eigenvalue weighted by Crippen LogP contribution is 2.34. The first kappa shape index (κ1) is 20.5. The Bertz CT molecular complexity index is 850. The van der Waals surface area contributed by atoms with Gasteiger partial charge in [-0.3, -0.25) is 9.69 Å². The topological polar surface area (TPSA) is 78.5 Å². The van der Waals surface area contributed by atoms with E-state index in [1.165, 1.54) is 10.4 Å². The summed E-state index contributed by atoms with van der Waals surface area (Å²) in [6, 6.07) is 0.212. The number of nitrogens with zero attached hydrogens (tertiary/aromatic N) is 2. The molecule has 1 atom stereocenters. The molecule has 2 aromatic heterocycles. The van der Waals surface area contributed by atoms with Gasteiger partial charge in [0.2, 0.25) is 0 Å². The SMILES string of the molecule is CC(C)N(Cc1nc2sc3c(c2c(=O)[nH]1)CCC3)CC(O)COC(C)(C)C. The number of rotatable bonds is 7. The minimum absolute atomic E-state index is 0.0327. The van der Waals surface area contributed by atoms with Crippen molar-refractivity contribution in [2.45, 2.75) is 78.2 Å². The highest BCUT2D eigenvalue weighted by Gasteiger charge is 2.23. The van der Waals surface area contributed by atoms with Crippen molar-refractivity contribution in [3.63, 3.8) is 0 Å². The first-order chi connectivity index (χ1) is 12.6. The van der Waals surface area contributed by atoms with E-state index in [2.05, 4.69) is 23.7 Å². The van der Waals surface area contributed by atoms with Crippen LogP contribution in [0.3, 0.4) is 0 Å². The Morgan fingerprint density at radius 1 is 1.33 bits per heavy atom. The molecule has 0 bridgehead atoms. The number of nitrogens with one attached hydrogen (secondary N) is 1. The standard InChI is InChI=1S/C20H31N3O3S/c1-12(2)23(9-13(24)11-26-20(3,4)5)10-16-21-18(25)17-14-7-6-8-15(14)27-19(17)22-16/h12-13,24H,6-11H2,1-5H3,(H,21,22,25). The molecule has 27 heavy (non-hydrogen) atoms. The van der Waals surface area contributed by atoms with Gasteiger partial charge < -0.3 is 14.8 Å². The number of aliphatic hydroxyl groups is 1. The van der Waals surface area contributed by atoms with Crippen molar-refractivity contribution in [3.8, 4) is 0 Å². The number of hydrogen-bond acceptors (Lipinski definition) is 6. The van der Waals surface area contributed by atoms with Crippen molar-refractivity contribution < 1.29 is 9.84 Å². The third-order valence-electron chi connectivity index (χ3n) is 4.86. The monoisotopic (exact) mass is 393 g/mol. The average Bonchev–Trinajstić information content (AvgIpc) is 3.11. The Morgan fingerprint density at radius 2 is 2.07 bits per heavy atom. The number of thiophene rings is 1. The highest BCUT2D eigenvalue weighted by atomic mass is 32.1. The molecule has 150 valence electrons. The van der Waals surface area contributed by atoms with Crippen LogP contribution in [0.25, 0.3) is 10.2 Å². The van der Waals surface area contributed by atoms with Gasteiger partial charge >= 0.3 is 0 Å². The van der Waals surface area contributed by atoms with Gasteiger partial charge in [0.05, 0.1) is 30.2 Å². The third-order valence-corrected chi connectivity index (χ3v) is 6.05. The Hall–Kier alpha value is -1.28. The molecule has 0 aromatic carbocycles. The molecule has 7 heteroatoms. The fourth-order valence-electron chi connectivity index (χ4n) is 3.44. The van der Waals surface area contributed by atoms with Gasteiger partial charge in [0.15, 0.2) is 0 Å². The Labute approximate surface area is 164 Å². The lowest BCUT2D eigenvalue weighted by Gasteiger charge is -2.29. The van der Waals surface area contributed by atoms with Crippen LogP contribution >= 0.6 is 11.3 Å². The van der Waals surface area contributed by atoms with Gasteiger partial charge in [-0.1, -0.05) is 0 Å². The normalized spacial score (nSPS) is 15.9. The van der Waals surface area contributed by atoms with Crippen LogP contribution in [0.15, 0.2) is 4.79 Å². The van der Waals surface area contributed by atoms with E-state index >= 15 is 0 Å². The van der Waals surface area contributed by atoms with Gasteiger partial charge in [0.25, 0.3) is 5.56 Å². The average molecular weight is 394 g/mol. The van der Waals surface area contributed by atoms with Gasteiger partial charge in [-0.2, -0.15) is 0 Å². The van der Waals surface area contributed by atoms with E-state index < -0.39 is 6.10 Å². The lowest BCUT2D eigenvalue weighted by atomic mass is 10.2. The summed E-state index contributed by atoms with van der Waals surface area (Å²) in [6.45, 7) is 11.3.